The Morgan fingerprint density at radius 1 is 1.24 bits per heavy atom. The number of nitrogens with one attached hydrogen (secondary N) is 1. The molecule has 3 unspecified atom stereocenters. The zero-order valence-corrected chi connectivity index (χ0v) is 11.3. The molecule has 1 aliphatic rings. The van der Waals surface area contributed by atoms with Crippen LogP contribution in [0.3, 0.4) is 0 Å². The average Bonchev–Trinajstić information content (AvgIpc) is 3.10. The molecule has 0 amide bonds. The first-order valence-corrected chi connectivity index (χ1v) is 6.94. The molecule has 1 N–H and O–H groups in total. The Morgan fingerprint density at radius 2 is 1.94 bits per heavy atom. The summed E-state index contributed by atoms with van der Waals surface area (Å²) in [5, 5.41) is 3.44. The molecule has 0 spiro atoms. The highest BCUT2D eigenvalue weighted by Crippen LogP contribution is 2.50. The third kappa shape index (κ3) is 3.32. The smallest absolute Gasteiger partial charge is 0.00871 e. The van der Waals surface area contributed by atoms with Crippen LogP contribution < -0.4 is 5.32 Å². The van der Waals surface area contributed by atoms with Crippen molar-refractivity contribution in [2.24, 2.45) is 11.8 Å². The van der Waals surface area contributed by atoms with Gasteiger partial charge in [0.05, 0.1) is 0 Å². The maximum atomic E-state index is 3.44. The molecule has 3 atom stereocenters. The van der Waals surface area contributed by atoms with Crippen LogP contribution in [-0.4, -0.2) is 13.1 Å². The molecule has 0 aliphatic heterocycles. The second-order valence-electron chi connectivity index (χ2n) is 5.73. The second-order valence-corrected chi connectivity index (χ2v) is 5.73. The van der Waals surface area contributed by atoms with Gasteiger partial charge in [-0.2, -0.15) is 0 Å². The molecule has 0 bridgehead atoms. The van der Waals surface area contributed by atoms with Crippen LogP contribution in [0.4, 0.5) is 0 Å². The van der Waals surface area contributed by atoms with E-state index in [4.69, 9.17) is 0 Å². The van der Waals surface area contributed by atoms with Gasteiger partial charge in [0.2, 0.25) is 0 Å². The van der Waals surface area contributed by atoms with Gasteiger partial charge in [0.15, 0.2) is 0 Å². The van der Waals surface area contributed by atoms with E-state index in [1.54, 1.807) is 5.56 Å². The summed E-state index contributed by atoms with van der Waals surface area (Å²) in [6, 6.07) is 11.7. The lowest BCUT2D eigenvalue weighted by Crippen LogP contribution is -2.30. The molecule has 0 aromatic heterocycles. The molecular weight excluding hydrogens is 206 g/mol. The highest BCUT2D eigenvalue weighted by Gasteiger charge is 2.37. The number of hydrogen-bond donors (Lipinski definition) is 1. The Labute approximate surface area is 106 Å². The molecule has 1 saturated carbocycles. The minimum atomic E-state index is 0.687. The van der Waals surface area contributed by atoms with E-state index in [9.17, 15) is 0 Å². The summed E-state index contributed by atoms with van der Waals surface area (Å²) in [5.74, 6) is 2.53. The largest absolute Gasteiger partial charge is 0.317 e. The van der Waals surface area contributed by atoms with Crippen molar-refractivity contribution in [2.45, 2.75) is 45.1 Å². The van der Waals surface area contributed by atoms with E-state index in [2.05, 4.69) is 56.5 Å². The van der Waals surface area contributed by atoms with E-state index in [-0.39, 0.29) is 0 Å². The third-order valence-corrected chi connectivity index (χ3v) is 4.17. The van der Waals surface area contributed by atoms with Crippen LogP contribution in [0, 0.1) is 11.8 Å². The van der Waals surface area contributed by atoms with Crippen LogP contribution in [0.25, 0.3) is 0 Å². The summed E-state index contributed by atoms with van der Waals surface area (Å²) < 4.78 is 0. The van der Waals surface area contributed by atoms with E-state index in [0.29, 0.717) is 6.04 Å². The fraction of sp³-hybridized carbons (Fsp3) is 0.625. The minimum Gasteiger partial charge on any atom is -0.317 e. The van der Waals surface area contributed by atoms with Crippen LogP contribution >= 0.6 is 0 Å². The first-order chi connectivity index (χ1) is 8.22. The quantitative estimate of drug-likeness (QED) is 0.785. The highest BCUT2D eigenvalue weighted by molar-refractivity contribution is 5.25. The molecule has 1 nitrogen and oxygen atoms in total. The first kappa shape index (κ1) is 12.6. The van der Waals surface area contributed by atoms with Gasteiger partial charge >= 0.3 is 0 Å². The molecule has 1 aromatic carbocycles. The molecule has 94 valence electrons. The Hall–Kier alpha value is -0.820. The standard InChI is InChI=1S/C16H25N/c1-12(2)16(17-3)10-9-14-11-15(14)13-7-5-4-6-8-13/h4-8,12,14-17H,9-11H2,1-3H3. The van der Waals surface area contributed by atoms with Crippen molar-refractivity contribution in [2.75, 3.05) is 7.05 Å². The zero-order chi connectivity index (χ0) is 12.3. The Bertz CT molecular complexity index is 331. The maximum Gasteiger partial charge on any atom is 0.00871 e. The van der Waals surface area contributed by atoms with E-state index in [0.717, 1.165) is 17.8 Å². The molecule has 0 heterocycles. The number of rotatable bonds is 6. The molecule has 0 saturated heterocycles. The fourth-order valence-corrected chi connectivity index (χ4v) is 2.88. The zero-order valence-electron chi connectivity index (χ0n) is 11.3. The second kappa shape index (κ2) is 5.68. The summed E-state index contributed by atoms with van der Waals surface area (Å²) in [6.07, 6.45) is 4.10. The lowest BCUT2D eigenvalue weighted by atomic mass is 9.97. The normalized spacial score (nSPS) is 24.9. The van der Waals surface area contributed by atoms with E-state index >= 15 is 0 Å². The van der Waals surface area contributed by atoms with Crippen molar-refractivity contribution in [1.29, 1.82) is 0 Å². The van der Waals surface area contributed by atoms with Crippen LogP contribution in [0.5, 0.6) is 0 Å². The Kier molecular flexibility index (Phi) is 4.22. The van der Waals surface area contributed by atoms with Gasteiger partial charge in [-0.3, -0.25) is 0 Å². The molecule has 17 heavy (non-hydrogen) atoms. The lowest BCUT2D eigenvalue weighted by Gasteiger charge is -2.19. The Morgan fingerprint density at radius 3 is 2.53 bits per heavy atom. The summed E-state index contributed by atoms with van der Waals surface area (Å²) in [4.78, 5) is 0. The molecule has 0 radical (unpaired) electrons. The number of benzene rings is 1. The van der Waals surface area contributed by atoms with Gasteiger partial charge in [-0.05, 0) is 49.6 Å². The lowest BCUT2D eigenvalue weighted by molar-refractivity contribution is 0.384. The Balaban J connectivity index is 1.77. The summed E-state index contributed by atoms with van der Waals surface area (Å²) in [5.41, 5.74) is 1.54. The molecule has 1 aromatic rings. The van der Waals surface area contributed by atoms with E-state index in [1.165, 1.54) is 19.3 Å². The van der Waals surface area contributed by atoms with Gasteiger partial charge < -0.3 is 5.32 Å². The van der Waals surface area contributed by atoms with Gasteiger partial charge in [0.1, 0.15) is 0 Å². The van der Waals surface area contributed by atoms with E-state index < -0.39 is 0 Å². The summed E-state index contributed by atoms with van der Waals surface area (Å²) >= 11 is 0. The van der Waals surface area contributed by atoms with Gasteiger partial charge in [-0.1, -0.05) is 44.2 Å². The third-order valence-electron chi connectivity index (χ3n) is 4.17. The molecule has 1 aliphatic carbocycles. The van der Waals surface area contributed by atoms with Gasteiger partial charge in [-0.15, -0.1) is 0 Å². The van der Waals surface area contributed by atoms with Gasteiger partial charge in [-0.25, -0.2) is 0 Å². The van der Waals surface area contributed by atoms with Crippen molar-refractivity contribution in [3.05, 3.63) is 35.9 Å². The monoisotopic (exact) mass is 231 g/mol. The van der Waals surface area contributed by atoms with E-state index in [1.807, 2.05) is 0 Å². The number of hydrogen-bond acceptors (Lipinski definition) is 1. The van der Waals surface area contributed by atoms with Crippen molar-refractivity contribution >= 4 is 0 Å². The first-order valence-electron chi connectivity index (χ1n) is 6.94. The van der Waals surface area contributed by atoms with Crippen LogP contribution in [0.1, 0.15) is 44.6 Å². The van der Waals surface area contributed by atoms with Crippen molar-refractivity contribution in [3.63, 3.8) is 0 Å². The van der Waals surface area contributed by atoms with Crippen molar-refractivity contribution < 1.29 is 0 Å². The predicted octanol–water partition coefficient (Wildman–Crippen LogP) is 3.81. The summed E-state index contributed by atoms with van der Waals surface area (Å²) in [6.45, 7) is 4.62. The van der Waals surface area contributed by atoms with Gasteiger partial charge in [0.25, 0.3) is 0 Å². The van der Waals surface area contributed by atoms with Gasteiger partial charge in [0, 0.05) is 6.04 Å². The highest BCUT2D eigenvalue weighted by atomic mass is 14.9. The molecule has 2 rings (SSSR count). The maximum absolute atomic E-state index is 3.44. The SMILES string of the molecule is CNC(CCC1CC1c1ccccc1)C(C)C. The summed E-state index contributed by atoms with van der Waals surface area (Å²) in [7, 11) is 2.09. The predicted molar refractivity (Wildman–Crippen MR) is 74.2 cm³/mol. The minimum absolute atomic E-state index is 0.687. The molecule has 1 heteroatoms. The molecular formula is C16H25N. The van der Waals surface area contributed by atoms with Crippen LogP contribution in [0.15, 0.2) is 30.3 Å². The topological polar surface area (TPSA) is 12.0 Å². The van der Waals surface area contributed by atoms with Crippen molar-refractivity contribution in [3.8, 4) is 0 Å². The van der Waals surface area contributed by atoms with Crippen LogP contribution in [-0.2, 0) is 0 Å². The van der Waals surface area contributed by atoms with Crippen LogP contribution in [0.2, 0.25) is 0 Å². The molecule has 1 fully saturated rings. The fourth-order valence-electron chi connectivity index (χ4n) is 2.88. The average molecular weight is 231 g/mol. The van der Waals surface area contributed by atoms with Crippen molar-refractivity contribution in [1.82, 2.24) is 5.32 Å².